The first-order valence-electron chi connectivity index (χ1n) is 10.7. The van der Waals surface area contributed by atoms with E-state index in [0.717, 1.165) is 16.7 Å². The maximum absolute atomic E-state index is 13.3. The molecule has 0 saturated carbocycles. The Balaban J connectivity index is 1.54. The van der Waals surface area contributed by atoms with Crippen LogP contribution in [0.25, 0.3) is 11.1 Å². The van der Waals surface area contributed by atoms with Gasteiger partial charge in [-0.3, -0.25) is 19.6 Å². The van der Waals surface area contributed by atoms with Gasteiger partial charge >= 0.3 is 0 Å². The van der Waals surface area contributed by atoms with Gasteiger partial charge in [0.05, 0.1) is 5.92 Å². The number of nitrogens with zero attached hydrogens (tertiary/aromatic N) is 4. The highest BCUT2D eigenvalue weighted by atomic mass is 16.2. The summed E-state index contributed by atoms with van der Waals surface area (Å²) in [6.07, 6.45) is 9.08. The first-order chi connectivity index (χ1) is 15.7. The SMILES string of the molecule is C=CCN1CCN(C(=O)c2ccncc2)C[C@@H](Cc2ccc(-c3ccncc3)cc2)C1=O. The number of pyridine rings is 2. The van der Waals surface area contributed by atoms with E-state index in [-0.39, 0.29) is 17.7 Å². The third-order valence-corrected chi connectivity index (χ3v) is 5.76. The van der Waals surface area contributed by atoms with Crippen LogP contribution in [0.2, 0.25) is 0 Å². The summed E-state index contributed by atoms with van der Waals surface area (Å²) in [4.78, 5) is 38.0. The molecule has 3 aromatic rings. The Bertz CT molecular complexity index is 1070. The lowest BCUT2D eigenvalue weighted by molar-refractivity contribution is -0.134. The van der Waals surface area contributed by atoms with Gasteiger partial charge in [-0.25, -0.2) is 0 Å². The quantitative estimate of drug-likeness (QED) is 0.566. The first-order valence-corrected chi connectivity index (χ1v) is 10.7. The third kappa shape index (κ3) is 4.91. The number of carbonyl (C=O) groups excluding carboxylic acids is 2. The minimum Gasteiger partial charge on any atom is -0.337 e. The standard InChI is InChI=1S/C26H26N4O2/c1-2-15-29-16-17-30(25(31)23-9-13-28-14-10-23)19-24(26(29)32)18-20-3-5-21(6-4-20)22-7-11-27-12-8-22/h2-14,24H,1,15-19H2/t24-/m1/s1. The molecular weight excluding hydrogens is 400 g/mol. The van der Waals surface area contributed by atoms with Gasteiger partial charge in [0.15, 0.2) is 0 Å². The van der Waals surface area contributed by atoms with Gasteiger partial charge in [-0.15, -0.1) is 6.58 Å². The summed E-state index contributed by atoms with van der Waals surface area (Å²) in [5, 5.41) is 0. The van der Waals surface area contributed by atoms with Crippen molar-refractivity contribution in [3.63, 3.8) is 0 Å². The molecule has 0 unspecified atom stereocenters. The molecule has 0 spiro atoms. The smallest absolute Gasteiger partial charge is 0.254 e. The van der Waals surface area contributed by atoms with Crippen LogP contribution in [0.5, 0.6) is 0 Å². The average Bonchev–Trinajstić information content (AvgIpc) is 3.00. The topological polar surface area (TPSA) is 66.4 Å². The van der Waals surface area contributed by atoms with Crippen LogP contribution in [0.3, 0.4) is 0 Å². The fraction of sp³-hybridized carbons (Fsp3) is 0.231. The number of amides is 2. The molecule has 1 fully saturated rings. The van der Waals surface area contributed by atoms with E-state index >= 15 is 0 Å². The van der Waals surface area contributed by atoms with Crippen LogP contribution in [-0.2, 0) is 11.2 Å². The van der Waals surface area contributed by atoms with Gasteiger partial charge in [-0.1, -0.05) is 30.3 Å². The molecule has 6 heteroatoms. The lowest BCUT2D eigenvalue weighted by atomic mass is 9.95. The number of carbonyl (C=O) groups is 2. The molecule has 3 heterocycles. The second-order valence-electron chi connectivity index (χ2n) is 7.89. The van der Waals surface area contributed by atoms with Gasteiger partial charge < -0.3 is 9.80 Å². The van der Waals surface area contributed by atoms with E-state index in [9.17, 15) is 9.59 Å². The van der Waals surface area contributed by atoms with Gasteiger partial charge in [0.2, 0.25) is 5.91 Å². The van der Waals surface area contributed by atoms with Crippen LogP contribution in [0, 0.1) is 5.92 Å². The van der Waals surface area contributed by atoms with E-state index < -0.39 is 0 Å². The lowest BCUT2D eigenvalue weighted by Gasteiger charge is -2.23. The molecule has 1 aromatic carbocycles. The molecule has 1 aliphatic rings. The van der Waals surface area contributed by atoms with Crippen LogP contribution >= 0.6 is 0 Å². The number of hydrogen-bond acceptors (Lipinski definition) is 4. The zero-order valence-electron chi connectivity index (χ0n) is 17.9. The van der Waals surface area contributed by atoms with Gasteiger partial charge in [-0.05, 0) is 47.4 Å². The highest BCUT2D eigenvalue weighted by Gasteiger charge is 2.32. The summed E-state index contributed by atoms with van der Waals surface area (Å²) in [5.41, 5.74) is 3.86. The van der Waals surface area contributed by atoms with Crippen molar-refractivity contribution in [2.24, 2.45) is 5.92 Å². The van der Waals surface area contributed by atoms with Gasteiger partial charge in [0.25, 0.3) is 5.91 Å². The fourth-order valence-corrected chi connectivity index (χ4v) is 4.06. The molecule has 2 amide bonds. The van der Waals surface area contributed by atoms with Crippen molar-refractivity contribution < 1.29 is 9.59 Å². The molecule has 6 nitrogen and oxygen atoms in total. The van der Waals surface area contributed by atoms with E-state index in [1.165, 1.54) is 0 Å². The molecule has 1 atom stereocenters. The largest absolute Gasteiger partial charge is 0.337 e. The molecule has 4 rings (SSSR count). The minimum absolute atomic E-state index is 0.0631. The highest BCUT2D eigenvalue weighted by molar-refractivity contribution is 5.94. The third-order valence-electron chi connectivity index (χ3n) is 5.76. The van der Waals surface area contributed by atoms with E-state index in [4.69, 9.17) is 0 Å². The number of rotatable bonds is 6. The molecule has 1 aliphatic heterocycles. The number of hydrogen-bond donors (Lipinski definition) is 0. The van der Waals surface area contributed by atoms with Crippen molar-refractivity contribution in [2.45, 2.75) is 6.42 Å². The van der Waals surface area contributed by atoms with E-state index in [1.54, 1.807) is 52.8 Å². The molecule has 162 valence electrons. The zero-order valence-corrected chi connectivity index (χ0v) is 17.9. The molecule has 0 radical (unpaired) electrons. The lowest BCUT2D eigenvalue weighted by Crippen LogP contribution is -2.38. The molecular formula is C26H26N4O2. The minimum atomic E-state index is -0.310. The Morgan fingerprint density at radius 3 is 2.22 bits per heavy atom. The van der Waals surface area contributed by atoms with Crippen LogP contribution in [0.15, 0.2) is 86.0 Å². The Morgan fingerprint density at radius 1 is 0.938 bits per heavy atom. The Morgan fingerprint density at radius 2 is 1.56 bits per heavy atom. The molecule has 0 bridgehead atoms. The van der Waals surface area contributed by atoms with Crippen molar-refractivity contribution in [2.75, 3.05) is 26.2 Å². The van der Waals surface area contributed by atoms with Gasteiger partial charge in [0.1, 0.15) is 0 Å². The summed E-state index contributed by atoms with van der Waals surface area (Å²) in [6.45, 7) is 5.65. The second-order valence-corrected chi connectivity index (χ2v) is 7.89. The van der Waals surface area contributed by atoms with Crippen molar-refractivity contribution in [1.82, 2.24) is 19.8 Å². The van der Waals surface area contributed by atoms with Crippen LogP contribution < -0.4 is 0 Å². The van der Waals surface area contributed by atoms with Crippen LogP contribution in [0.1, 0.15) is 15.9 Å². The Hall–Kier alpha value is -3.80. The monoisotopic (exact) mass is 426 g/mol. The number of benzene rings is 1. The normalized spacial score (nSPS) is 16.5. The number of aromatic nitrogens is 2. The average molecular weight is 427 g/mol. The predicted octanol–water partition coefficient (Wildman–Crippen LogP) is 3.47. The maximum atomic E-state index is 13.3. The van der Waals surface area contributed by atoms with Crippen LogP contribution in [0.4, 0.5) is 0 Å². The maximum Gasteiger partial charge on any atom is 0.254 e. The molecule has 2 aromatic heterocycles. The second kappa shape index (κ2) is 10.0. The van der Waals surface area contributed by atoms with Gasteiger partial charge in [-0.2, -0.15) is 0 Å². The van der Waals surface area contributed by atoms with E-state index in [2.05, 4.69) is 40.8 Å². The van der Waals surface area contributed by atoms with Crippen molar-refractivity contribution in [1.29, 1.82) is 0 Å². The zero-order chi connectivity index (χ0) is 22.3. The molecule has 0 aliphatic carbocycles. The summed E-state index contributed by atoms with van der Waals surface area (Å²) >= 11 is 0. The molecule has 1 saturated heterocycles. The van der Waals surface area contributed by atoms with Gasteiger partial charge in [0, 0.05) is 56.5 Å². The molecule has 32 heavy (non-hydrogen) atoms. The fourth-order valence-electron chi connectivity index (χ4n) is 4.06. The Kier molecular flexibility index (Phi) is 6.70. The molecule has 0 N–H and O–H groups in total. The predicted molar refractivity (Wildman–Crippen MR) is 124 cm³/mol. The van der Waals surface area contributed by atoms with Crippen molar-refractivity contribution in [3.05, 3.63) is 97.1 Å². The van der Waals surface area contributed by atoms with E-state index in [1.807, 2.05) is 12.1 Å². The first kappa shape index (κ1) is 21.4. The highest BCUT2D eigenvalue weighted by Crippen LogP contribution is 2.22. The van der Waals surface area contributed by atoms with Crippen molar-refractivity contribution in [3.8, 4) is 11.1 Å². The van der Waals surface area contributed by atoms with Crippen LogP contribution in [-0.4, -0.2) is 57.8 Å². The van der Waals surface area contributed by atoms with Crippen molar-refractivity contribution >= 4 is 11.8 Å². The Labute approximate surface area is 188 Å². The summed E-state index contributed by atoms with van der Waals surface area (Å²) < 4.78 is 0. The summed E-state index contributed by atoms with van der Waals surface area (Å²) in [5.74, 6) is -0.318. The van der Waals surface area contributed by atoms with E-state index in [0.29, 0.717) is 38.2 Å². The summed E-state index contributed by atoms with van der Waals surface area (Å²) in [6, 6.07) is 15.6. The summed E-state index contributed by atoms with van der Waals surface area (Å²) in [7, 11) is 0.